The van der Waals surface area contributed by atoms with Crippen LogP contribution in [0.4, 0.5) is 0 Å². The zero-order valence-electron chi connectivity index (χ0n) is 50.7. The average Bonchev–Trinajstić information content (AvgIpc) is 3.40. The summed E-state index contributed by atoms with van der Waals surface area (Å²) in [4.78, 5) is 71.8. The van der Waals surface area contributed by atoms with Crippen LogP contribution in [0.15, 0.2) is 0 Å². The Morgan fingerprint density at radius 2 is 0.582 bits per heavy atom. The van der Waals surface area contributed by atoms with E-state index in [1.165, 1.54) is 77.0 Å². The molecule has 0 aromatic heterocycles. The van der Waals surface area contributed by atoms with E-state index >= 15 is 0 Å². The lowest BCUT2D eigenvalue weighted by atomic mass is 10.0. The van der Waals surface area contributed by atoms with E-state index in [4.69, 9.17) is 37.0 Å². The second kappa shape index (κ2) is 52.8. The molecule has 79 heavy (non-hydrogen) atoms. The summed E-state index contributed by atoms with van der Waals surface area (Å²) < 4.78 is 67.6. The zero-order valence-corrected chi connectivity index (χ0v) is 52.4. The number of aliphatic hydroxyl groups is 1. The fourth-order valence-electron chi connectivity index (χ4n) is 8.82. The molecule has 0 aromatic rings. The quantitative estimate of drug-likeness (QED) is 0.0222. The molecule has 0 rings (SSSR count). The normalized spacial score (nSPS) is 14.4. The Kier molecular flexibility index (Phi) is 51.5. The minimum Gasteiger partial charge on any atom is -0.462 e. The fourth-order valence-corrected chi connectivity index (χ4v) is 10.4. The van der Waals surface area contributed by atoms with Gasteiger partial charge >= 0.3 is 39.5 Å². The molecule has 468 valence electrons. The number of aliphatic hydroxyl groups excluding tert-OH is 1. The molecule has 17 nitrogen and oxygen atoms in total. The SMILES string of the molecule is CCCCCCCCCC(=O)OC[C@H](COP(=O)(O)OC[C@H](O)COP(=O)(O)OC[C@@H](COC(=O)CCCCCCCCCC(C)C)OC(=O)CCCCCCCCCCCCCCC(C)C)OC(=O)CCCCCCCCC. The lowest BCUT2D eigenvalue weighted by Crippen LogP contribution is -2.30. The van der Waals surface area contributed by atoms with Crippen molar-refractivity contribution in [1.82, 2.24) is 0 Å². The molecule has 0 saturated carbocycles. The molecule has 0 aliphatic carbocycles. The van der Waals surface area contributed by atoms with Gasteiger partial charge in [-0.3, -0.25) is 37.3 Å². The Labute approximate surface area is 479 Å². The van der Waals surface area contributed by atoms with Crippen LogP contribution >= 0.6 is 15.6 Å². The molecule has 0 heterocycles. The summed E-state index contributed by atoms with van der Waals surface area (Å²) in [6.07, 6.45) is 33.8. The van der Waals surface area contributed by atoms with Gasteiger partial charge in [0.25, 0.3) is 0 Å². The molecule has 0 saturated heterocycles. The minimum atomic E-state index is -4.94. The van der Waals surface area contributed by atoms with Crippen molar-refractivity contribution in [1.29, 1.82) is 0 Å². The molecule has 0 amide bonds. The number of ether oxygens (including phenoxy) is 4. The van der Waals surface area contributed by atoms with Gasteiger partial charge in [-0.25, -0.2) is 9.13 Å². The van der Waals surface area contributed by atoms with E-state index in [2.05, 4.69) is 41.5 Å². The standard InChI is InChI=1S/C60H116O17P2/c1-7-9-11-13-22-30-36-42-57(62)70-48-55(76-59(64)44-38-32-23-14-12-10-8-2)50-74-78(66,67)72-46-54(61)47-73-79(68,69)75-51-56(49-71-58(63)43-37-31-27-21-25-29-35-41-53(5)6)77-60(65)45-39-33-26-20-18-16-15-17-19-24-28-34-40-52(3)4/h52-56,61H,7-51H2,1-6H3,(H,66,67)(H,68,69)/t54-,55+,56+/m0/s1. The highest BCUT2D eigenvalue weighted by atomic mass is 31.2. The van der Waals surface area contributed by atoms with Crippen LogP contribution in [-0.2, 0) is 65.4 Å². The van der Waals surface area contributed by atoms with Crippen molar-refractivity contribution in [2.24, 2.45) is 11.8 Å². The molecule has 0 spiro atoms. The molecule has 2 unspecified atom stereocenters. The number of rotatable bonds is 59. The largest absolute Gasteiger partial charge is 0.472 e. The van der Waals surface area contributed by atoms with Gasteiger partial charge in [0, 0.05) is 25.7 Å². The third-order valence-electron chi connectivity index (χ3n) is 13.7. The van der Waals surface area contributed by atoms with Gasteiger partial charge in [0.2, 0.25) is 0 Å². The van der Waals surface area contributed by atoms with Gasteiger partial charge < -0.3 is 33.8 Å². The predicted octanol–water partition coefficient (Wildman–Crippen LogP) is 16.1. The highest BCUT2D eigenvalue weighted by Crippen LogP contribution is 2.45. The van der Waals surface area contributed by atoms with Crippen molar-refractivity contribution in [3.8, 4) is 0 Å². The second-order valence-electron chi connectivity index (χ2n) is 22.7. The average molecular weight is 1170 g/mol. The van der Waals surface area contributed by atoms with Gasteiger partial charge in [0.1, 0.15) is 19.3 Å². The minimum absolute atomic E-state index is 0.103. The third kappa shape index (κ3) is 55.0. The summed E-state index contributed by atoms with van der Waals surface area (Å²) in [5.41, 5.74) is 0. The lowest BCUT2D eigenvalue weighted by molar-refractivity contribution is -0.161. The van der Waals surface area contributed by atoms with Crippen LogP contribution in [-0.4, -0.2) is 96.7 Å². The van der Waals surface area contributed by atoms with E-state index in [0.717, 1.165) is 128 Å². The smallest absolute Gasteiger partial charge is 0.462 e. The number of phosphoric acid groups is 2. The molecule has 0 bridgehead atoms. The summed E-state index contributed by atoms with van der Waals surface area (Å²) in [5.74, 6) is -0.667. The fraction of sp³-hybridized carbons (Fsp3) is 0.933. The molecule has 0 aliphatic rings. The summed E-state index contributed by atoms with van der Waals surface area (Å²) in [6, 6.07) is 0. The molecule has 0 radical (unpaired) electrons. The molecule has 0 aromatic carbocycles. The van der Waals surface area contributed by atoms with E-state index in [9.17, 15) is 43.2 Å². The first-order valence-corrected chi connectivity index (χ1v) is 34.5. The number of phosphoric ester groups is 2. The van der Waals surface area contributed by atoms with Crippen molar-refractivity contribution in [2.45, 2.75) is 310 Å². The highest BCUT2D eigenvalue weighted by molar-refractivity contribution is 7.47. The van der Waals surface area contributed by atoms with Gasteiger partial charge in [-0.2, -0.15) is 0 Å². The maximum absolute atomic E-state index is 12.9. The van der Waals surface area contributed by atoms with Crippen molar-refractivity contribution < 1.29 is 80.2 Å². The van der Waals surface area contributed by atoms with Crippen LogP contribution in [0.5, 0.6) is 0 Å². The van der Waals surface area contributed by atoms with Gasteiger partial charge in [0.05, 0.1) is 26.4 Å². The van der Waals surface area contributed by atoms with Gasteiger partial charge in [-0.05, 0) is 37.5 Å². The van der Waals surface area contributed by atoms with Crippen LogP contribution < -0.4 is 0 Å². The van der Waals surface area contributed by atoms with Crippen LogP contribution in [0.2, 0.25) is 0 Å². The van der Waals surface area contributed by atoms with Crippen LogP contribution in [0, 0.1) is 11.8 Å². The van der Waals surface area contributed by atoms with E-state index in [1.54, 1.807) is 0 Å². The predicted molar refractivity (Wildman–Crippen MR) is 312 cm³/mol. The number of carbonyl (C=O) groups excluding carboxylic acids is 4. The maximum atomic E-state index is 12.9. The first-order valence-electron chi connectivity index (χ1n) is 31.5. The molecule has 5 atom stereocenters. The highest BCUT2D eigenvalue weighted by Gasteiger charge is 2.30. The Hall–Kier alpha value is -1.94. The van der Waals surface area contributed by atoms with E-state index in [-0.39, 0.29) is 25.7 Å². The zero-order chi connectivity index (χ0) is 58.7. The van der Waals surface area contributed by atoms with Crippen molar-refractivity contribution >= 4 is 39.5 Å². The molecular weight excluding hydrogens is 1050 g/mol. The molecule has 0 aliphatic heterocycles. The van der Waals surface area contributed by atoms with E-state index in [1.807, 2.05) is 0 Å². The molecule has 3 N–H and O–H groups in total. The summed E-state index contributed by atoms with van der Waals surface area (Å²) in [6.45, 7) is 9.33. The van der Waals surface area contributed by atoms with Crippen molar-refractivity contribution in [2.75, 3.05) is 39.6 Å². The van der Waals surface area contributed by atoms with Crippen molar-refractivity contribution in [3.05, 3.63) is 0 Å². The van der Waals surface area contributed by atoms with Crippen LogP contribution in [0.25, 0.3) is 0 Å². The Morgan fingerprint density at radius 3 is 0.861 bits per heavy atom. The van der Waals surface area contributed by atoms with Crippen molar-refractivity contribution in [3.63, 3.8) is 0 Å². The van der Waals surface area contributed by atoms with Gasteiger partial charge in [-0.1, -0.05) is 241 Å². The number of carbonyl (C=O) groups is 4. The summed E-state index contributed by atoms with van der Waals surface area (Å²) in [7, 11) is -9.87. The third-order valence-corrected chi connectivity index (χ3v) is 15.6. The summed E-state index contributed by atoms with van der Waals surface area (Å²) in [5, 5.41) is 10.5. The molecule has 0 fully saturated rings. The first kappa shape index (κ1) is 77.1. The van der Waals surface area contributed by atoms with Gasteiger partial charge in [-0.15, -0.1) is 0 Å². The monoisotopic (exact) mass is 1170 g/mol. The van der Waals surface area contributed by atoms with Crippen LogP contribution in [0.3, 0.4) is 0 Å². The number of hydrogen-bond donors (Lipinski definition) is 3. The Balaban J connectivity index is 5.18. The second-order valence-corrected chi connectivity index (χ2v) is 25.6. The maximum Gasteiger partial charge on any atom is 0.472 e. The molecule has 19 heteroatoms. The lowest BCUT2D eigenvalue weighted by Gasteiger charge is -2.21. The van der Waals surface area contributed by atoms with Gasteiger partial charge in [0.15, 0.2) is 12.2 Å². The van der Waals surface area contributed by atoms with E-state index < -0.39 is 97.5 Å². The number of unbranched alkanes of at least 4 members (excludes halogenated alkanes) is 29. The van der Waals surface area contributed by atoms with Crippen LogP contribution in [0.1, 0.15) is 292 Å². The molecular formula is C60H116O17P2. The first-order chi connectivity index (χ1) is 37.9. The number of hydrogen-bond acceptors (Lipinski definition) is 15. The summed E-state index contributed by atoms with van der Waals surface area (Å²) >= 11 is 0. The Morgan fingerprint density at radius 1 is 0.342 bits per heavy atom. The Bertz CT molecular complexity index is 1560. The topological polar surface area (TPSA) is 237 Å². The number of esters is 4. The van der Waals surface area contributed by atoms with E-state index in [0.29, 0.717) is 31.6 Å².